The van der Waals surface area contributed by atoms with Crippen molar-refractivity contribution in [1.29, 1.82) is 0 Å². The summed E-state index contributed by atoms with van der Waals surface area (Å²) in [6.07, 6.45) is -8.84. The normalized spacial score (nSPS) is 37.0. The predicted octanol–water partition coefficient (Wildman–Crippen LogP) is -2.31. The smallest absolute Gasteiger partial charge is 0.187 e. The minimum atomic E-state index is -1.59. The van der Waals surface area contributed by atoms with Crippen LogP contribution in [-0.4, -0.2) is 118 Å². The number of hydrogen-bond acceptors (Lipinski definition) is 12. The number of phenols is 1. The first-order valence-corrected chi connectivity index (χ1v) is 10.4. The first-order valence-electron chi connectivity index (χ1n) is 10.4. The molecule has 2 saturated heterocycles. The topological polar surface area (TPSA) is 188 Å². The number of ether oxygens (including phenoxy) is 5. The van der Waals surface area contributed by atoms with Crippen LogP contribution in [0.3, 0.4) is 0 Å². The Bertz CT molecular complexity index is 789. The molecule has 0 spiro atoms. The molecule has 2 heterocycles. The third kappa shape index (κ3) is 6.00. The lowest BCUT2D eigenvalue weighted by Crippen LogP contribution is -2.59. The van der Waals surface area contributed by atoms with Crippen LogP contribution < -0.4 is 4.74 Å². The van der Waals surface area contributed by atoms with Gasteiger partial charge < -0.3 is 59.4 Å². The van der Waals surface area contributed by atoms with Crippen molar-refractivity contribution in [2.75, 3.05) is 26.9 Å². The van der Waals surface area contributed by atoms with Gasteiger partial charge in [-0.3, -0.25) is 0 Å². The molecule has 33 heavy (non-hydrogen) atoms. The minimum absolute atomic E-state index is 0.00217. The lowest BCUT2D eigenvalue weighted by atomic mass is 9.99. The Hall–Kier alpha value is -1.84. The van der Waals surface area contributed by atoms with Gasteiger partial charge in [-0.2, -0.15) is 0 Å². The molecule has 0 aliphatic carbocycles. The Balaban J connectivity index is 1.53. The average Bonchev–Trinajstić information content (AvgIpc) is 3.09. The van der Waals surface area contributed by atoms with Crippen LogP contribution in [0.4, 0.5) is 0 Å². The van der Waals surface area contributed by atoms with Gasteiger partial charge >= 0.3 is 0 Å². The third-order valence-electron chi connectivity index (χ3n) is 5.46. The summed E-state index contributed by atoms with van der Waals surface area (Å²) >= 11 is 0. The van der Waals surface area contributed by atoms with Crippen LogP contribution >= 0.6 is 0 Å². The van der Waals surface area contributed by atoms with Crippen molar-refractivity contribution in [3.63, 3.8) is 0 Å². The molecule has 7 N–H and O–H groups in total. The Morgan fingerprint density at radius 1 is 0.879 bits per heavy atom. The van der Waals surface area contributed by atoms with Gasteiger partial charge in [-0.25, -0.2) is 0 Å². The summed E-state index contributed by atoms with van der Waals surface area (Å²) in [6, 6.07) is 4.75. The summed E-state index contributed by atoms with van der Waals surface area (Å²) in [5.41, 5.74) is 0.721. The number of aliphatic hydroxyl groups is 6. The lowest BCUT2D eigenvalue weighted by molar-refractivity contribution is -0.307. The molecule has 0 radical (unpaired) electrons. The molecule has 12 heteroatoms. The van der Waals surface area contributed by atoms with Crippen LogP contribution in [0.15, 0.2) is 24.3 Å². The first kappa shape index (κ1) is 25.8. The first-order chi connectivity index (χ1) is 15.8. The van der Waals surface area contributed by atoms with Crippen LogP contribution in [0.2, 0.25) is 0 Å². The second-order valence-electron chi connectivity index (χ2n) is 7.72. The van der Waals surface area contributed by atoms with Crippen LogP contribution in [0.1, 0.15) is 5.56 Å². The van der Waals surface area contributed by atoms with Gasteiger partial charge in [-0.1, -0.05) is 18.2 Å². The molecule has 9 atom stereocenters. The van der Waals surface area contributed by atoms with Crippen molar-refractivity contribution in [3.05, 3.63) is 29.8 Å². The molecule has 1 aromatic rings. The van der Waals surface area contributed by atoms with E-state index in [1.807, 2.05) is 0 Å². The van der Waals surface area contributed by atoms with E-state index < -0.39 is 61.9 Å². The quantitative estimate of drug-likeness (QED) is 0.203. The second kappa shape index (κ2) is 11.5. The van der Waals surface area contributed by atoms with E-state index in [9.17, 15) is 30.6 Å². The fourth-order valence-corrected chi connectivity index (χ4v) is 3.52. The molecule has 2 aliphatic heterocycles. The Morgan fingerprint density at radius 2 is 1.52 bits per heavy atom. The van der Waals surface area contributed by atoms with E-state index in [0.29, 0.717) is 5.75 Å². The number of aromatic hydroxyl groups is 1. The molecular weight excluding hydrogens is 444 g/mol. The van der Waals surface area contributed by atoms with Crippen molar-refractivity contribution in [2.24, 2.45) is 0 Å². The lowest BCUT2D eigenvalue weighted by Gasteiger charge is -2.40. The molecule has 0 bridgehead atoms. The van der Waals surface area contributed by atoms with E-state index in [4.69, 9.17) is 28.8 Å². The van der Waals surface area contributed by atoms with Crippen molar-refractivity contribution in [3.8, 4) is 11.5 Å². The van der Waals surface area contributed by atoms with Gasteiger partial charge in [0.25, 0.3) is 0 Å². The Kier molecular flexibility index (Phi) is 9.01. The molecule has 0 saturated carbocycles. The highest BCUT2D eigenvalue weighted by Gasteiger charge is 2.47. The van der Waals surface area contributed by atoms with Crippen LogP contribution in [-0.2, 0) is 18.9 Å². The molecule has 186 valence electrons. The number of phenolic OH excluding ortho intramolecular Hbond substituents is 1. The molecular formula is C21H30O12. The maximum atomic E-state index is 10.2. The summed E-state index contributed by atoms with van der Waals surface area (Å²) in [5, 5.41) is 69.0. The van der Waals surface area contributed by atoms with Gasteiger partial charge in [0.15, 0.2) is 24.1 Å². The molecule has 2 aliphatic rings. The van der Waals surface area contributed by atoms with Gasteiger partial charge in [-0.05, 0) is 17.7 Å². The van der Waals surface area contributed by atoms with Crippen molar-refractivity contribution in [2.45, 2.75) is 55.3 Å². The van der Waals surface area contributed by atoms with Gasteiger partial charge in [0, 0.05) is 0 Å². The molecule has 0 aromatic heterocycles. The maximum absolute atomic E-state index is 10.2. The van der Waals surface area contributed by atoms with Gasteiger partial charge in [0.05, 0.1) is 26.9 Å². The van der Waals surface area contributed by atoms with Crippen LogP contribution in [0, 0.1) is 0 Å². The molecule has 12 nitrogen and oxygen atoms in total. The zero-order chi connectivity index (χ0) is 24.1. The van der Waals surface area contributed by atoms with Crippen molar-refractivity contribution >= 4 is 6.08 Å². The molecule has 2 fully saturated rings. The zero-order valence-electron chi connectivity index (χ0n) is 17.9. The second-order valence-corrected chi connectivity index (χ2v) is 7.72. The zero-order valence-corrected chi connectivity index (χ0v) is 17.9. The van der Waals surface area contributed by atoms with Gasteiger partial charge in [-0.15, -0.1) is 0 Å². The number of rotatable bonds is 9. The number of methoxy groups -OCH3 is 1. The summed E-state index contributed by atoms with van der Waals surface area (Å²) in [4.78, 5) is 0. The largest absolute Gasteiger partial charge is 0.504 e. The molecule has 3 rings (SSSR count). The SMILES string of the molecule is COc1cc(/C=C/CO[C@@H]2O[C@H](CO[C@@H]3O[C@@H](CO)[C@H](O)[C@H]3O)[C@@H](O)[C@H](O)[C@H]2O)ccc1O. The predicted molar refractivity (Wildman–Crippen MR) is 110 cm³/mol. The van der Waals surface area contributed by atoms with E-state index in [0.717, 1.165) is 5.56 Å². The number of hydrogen-bond donors (Lipinski definition) is 7. The highest BCUT2D eigenvalue weighted by Crippen LogP contribution is 2.28. The fourth-order valence-electron chi connectivity index (χ4n) is 3.52. The summed E-state index contributed by atoms with van der Waals surface area (Å²) in [7, 11) is 1.43. The highest BCUT2D eigenvalue weighted by atomic mass is 16.7. The summed E-state index contributed by atoms with van der Waals surface area (Å²) < 4.78 is 26.6. The van der Waals surface area contributed by atoms with E-state index in [1.165, 1.54) is 13.2 Å². The Labute approximate surface area is 189 Å². The Morgan fingerprint density at radius 3 is 2.18 bits per heavy atom. The monoisotopic (exact) mass is 474 g/mol. The molecule has 1 aromatic carbocycles. The van der Waals surface area contributed by atoms with Crippen molar-refractivity contribution < 1.29 is 59.4 Å². The molecule has 0 unspecified atom stereocenters. The third-order valence-corrected chi connectivity index (χ3v) is 5.46. The average molecular weight is 474 g/mol. The standard InChI is InChI=1S/C21H30O12/c1-29-12-7-10(4-5-11(12)23)3-2-6-30-20-19(28)17(26)16(25)14(33-20)9-31-21-18(27)15(24)13(8-22)32-21/h2-5,7,13-28H,6,8-9H2,1H3/b3-2+/t13-,14+,15-,16+,17-,18+,19+,20+,21+/m0/s1. The van der Waals surface area contributed by atoms with E-state index in [-0.39, 0.29) is 19.0 Å². The fraction of sp³-hybridized carbons (Fsp3) is 0.619. The number of benzene rings is 1. The molecule has 0 amide bonds. The highest BCUT2D eigenvalue weighted by molar-refractivity contribution is 5.55. The van der Waals surface area contributed by atoms with Crippen LogP contribution in [0.5, 0.6) is 11.5 Å². The van der Waals surface area contributed by atoms with Gasteiger partial charge in [0.1, 0.15) is 42.7 Å². The van der Waals surface area contributed by atoms with E-state index in [1.54, 1.807) is 24.3 Å². The maximum Gasteiger partial charge on any atom is 0.187 e. The number of aliphatic hydroxyl groups excluding tert-OH is 6. The van der Waals surface area contributed by atoms with Crippen LogP contribution in [0.25, 0.3) is 6.08 Å². The van der Waals surface area contributed by atoms with Gasteiger partial charge in [0.2, 0.25) is 0 Å². The summed E-state index contributed by atoms with van der Waals surface area (Å²) in [6.45, 7) is -0.900. The van der Waals surface area contributed by atoms with E-state index >= 15 is 0 Å². The summed E-state index contributed by atoms with van der Waals surface area (Å²) in [5.74, 6) is 0.306. The minimum Gasteiger partial charge on any atom is -0.504 e. The van der Waals surface area contributed by atoms with Crippen molar-refractivity contribution in [1.82, 2.24) is 0 Å². The van der Waals surface area contributed by atoms with E-state index in [2.05, 4.69) is 0 Å².